The average Bonchev–Trinajstić information content (AvgIpc) is 2.66. The predicted molar refractivity (Wildman–Crippen MR) is 105 cm³/mol. The van der Waals surface area contributed by atoms with Crippen LogP contribution in [0.4, 0.5) is 4.79 Å². The fourth-order valence-electron chi connectivity index (χ4n) is 2.93. The van der Waals surface area contributed by atoms with Crippen LogP contribution in [0.3, 0.4) is 0 Å². The third-order valence-corrected chi connectivity index (χ3v) is 4.25. The highest BCUT2D eigenvalue weighted by Gasteiger charge is 2.24. The molecule has 2 rings (SSSR count). The Morgan fingerprint density at radius 2 is 1.75 bits per heavy atom. The molecule has 0 spiro atoms. The van der Waals surface area contributed by atoms with E-state index in [0.717, 1.165) is 16.7 Å². The highest BCUT2D eigenvalue weighted by atomic mass is 16.5. The molecule has 2 atom stereocenters. The van der Waals surface area contributed by atoms with E-state index in [1.165, 1.54) is 7.11 Å². The van der Waals surface area contributed by atoms with E-state index in [-0.39, 0.29) is 6.42 Å². The molecule has 3 amide bonds. The molecule has 4 N–H and O–H groups in total. The van der Waals surface area contributed by atoms with E-state index in [1.807, 2.05) is 61.5 Å². The summed E-state index contributed by atoms with van der Waals surface area (Å²) in [5.41, 5.74) is 7.90. The van der Waals surface area contributed by atoms with Crippen LogP contribution in [-0.2, 0) is 20.7 Å². The molecule has 0 aromatic heterocycles. The third-order valence-electron chi connectivity index (χ3n) is 4.25. The predicted octanol–water partition coefficient (Wildman–Crippen LogP) is 2.00. The maximum absolute atomic E-state index is 12.6. The third kappa shape index (κ3) is 6.42. The fraction of sp³-hybridized carbons (Fsp3) is 0.286. The lowest BCUT2D eigenvalue weighted by Gasteiger charge is -2.21. The second-order valence-corrected chi connectivity index (χ2v) is 6.51. The van der Waals surface area contributed by atoms with Gasteiger partial charge < -0.3 is 21.1 Å². The van der Waals surface area contributed by atoms with Crippen molar-refractivity contribution in [2.45, 2.75) is 31.8 Å². The van der Waals surface area contributed by atoms with Crippen molar-refractivity contribution < 1.29 is 19.1 Å². The summed E-state index contributed by atoms with van der Waals surface area (Å²) in [6.07, 6.45) is 0.242. The molecule has 0 bridgehead atoms. The van der Waals surface area contributed by atoms with Gasteiger partial charge in [-0.2, -0.15) is 0 Å². The number of esters is 1. The Balaban J connectivity index is 2.11. The maximum atomic E-state index is 12.6. The van der Waals surface area contributed by atoms with Gasteiger partial charge in [0, 0.05) is 6.42 Å². The lowest BCUT2D eigenvalue weighted by molar-refractivity contribution is -0.145. The Morgan fingerprint density at radius 3 is 2.36 bits per heavy atom. The van der Waals surface area contributed by atoms with Crippen molar-refractivity contribution in [2.24, 2.45) is 5.73 Å². The van der Waals surface area contributed by atoms with E-state index in [4.69, 9.17) is 10.5 Å². The first-order valence-corrected chi connectivity index (χ1v) is 8.92. The summed E-state index contributed by atoms with van der Waals surface area (Å²) < 4.78 is 4.81. The minimum absolute atomic E-state index is 0.0608. The topological polar surface area (TPSA) is 111 Å². The van der Waals surface area contributed by atoms with Crippen molar-refractivity contribution in [3.63, 3.8) is 0 Å². The molecule has 0 fully saturated rings. The Hall–Kier alpha value is -3.35. The largest absolute Gasteiger partial charge is 0.467 e. The van der Waals surface area contributed by atoms with Crippen LogP contribution in [0.15, 0.2) is 54.6 Å². The summed E-state index contributed by atoms with van der Waals surface area (Å²) in [6, 6.07) is 14.6. The molecule has 0 aliphatic carbocycles. The molecule has 2 aromatic rings. The van der Waals surface area contributed by atoms with Crippen LogP contribution in [0, 0.1) is 6.92 Å². The molecule has 148 valence electrons. The van der Waals surface area contributed by atoms with E-state index >= 15 is 0 Å². The van der Waals surface area contributed by atoms with Gasteiger partial charge in [-0.05, 0) is 18.1 Å². The zero-order valence-electron chi connectivity index (χ0n) is 16.0. The molecular formula is C21H25N3O4. The molecule has 7 nitrogen and oxygen atoms in total. The molecule has 0 heterocycles. The number of hydrogen-bond acceptors (Lipinski definition) is 4. The van der Waals surface area contributed by atoms with Gasteiger partial charge in [0.25, 0.3) is 0 Å². The minimum Gasteiger partial charge on any atom is -0.467 e. The Bertz CT molecular complexity index is 823. The van der Waals surface area contributed by atoms with Crippen LogP contribution >= 0.6 is 0 Å². The molecule has 0 saturated heterocycles. The number of primary amides is 1. The Labute approximate surface area is 164 Å². The van der Waals surface area contributed by atoms with Gasteiger partial charge in [-0.15, -0.1) is 0 Å². The SMILES string of the molecule is COC(=O)[C@@H](Cc1ccccc1)NC(=O)C[C@H](NC(N)=O)c1cccc(C)c1. The first kappa shape index (κ1) is 21.0. The van der Waals surface area contributed by atoms with Gasteiger partial charge in [0.2, 0.25) is 5.91 Å². The van der Waals surface area contributed by atoms with Gasteiger partial charge in [-0.25, -0.2) is 9.59 Å². The van der Waals surface area contributed by atoms with Gasteiger partial charge in [0.1, 0.15) is 6.04 Å². The number of carbonyl (C=O) groups excluding carboxylic acids is 3. The summed E-state index contributed by atoms with van der Waals surface area (Å²) in [4.78, 5) is 36.1. The number of hydrogen-bond donors (Lipinski definition) is 3. The minimum atomic E-state index is -0.827. The van der Waals surface area contributed by atoms with E-state index in [9.17, 15) is 14.4 Å². The Kier molecular flexibility index (Phi) is 7.56. The summed E-state index contributed by atoms with van der Waals surface area (Å²) in [6.45, 7) is 1.91. The summed E-state index contributed by atoms with van der Waals surface area (Å²) in [5, 5.41) is 5.28. The van der Waals surface area contributed by atoms with Crippen LogP contribution in [0.25, 0.3) is 0 Å². The molecule has 0 saturated carbocycles. The van der Waals surface area contributed by atoms with Gasteiger partial charge in [-0.1, -0.05) is 60.2 Å². The highest BCUT2D eigenvalue weighted by molar-refractivity contribution is 5.85. The number of amides is 3. The van der Waals surface area contributed by atoms with Gasteiger partial charge in [0.05, 0.1) is 19.6 Å². The molecule has 7 heteroatoms. The number of carbonyl (C=O) groups is 3. The van der Waals surface area contributed by atoms with Crippen LogP contribution in [0.1, 0.15) is 29.2 Å². The zero-order chi connectivity index (χ0) is 20.5. The average molecular weight is 383 g/mol. The molecule has 0 radical (unpaired) electrons. The second-order valence-electron chi connectivity index (χ2n) is 6.51. The van der Waals surface area contributed by atoms with Crippen LogP contribution < -0.4 is 16.4 Å². The van der Waals surface area contributed by atoms with Crippen LogP contribution in [0.2, 0.25) is 0 Å². The Morgan fingerprint density at radius 1 is 1.04 bits per heavy atom. The smallest absolute Gasteiger partial charge is 0.328 e. The normalized spacial score (nSPS) is 12.5. The monoisotopic (exact) mass is 383 g/mol. The number of nitrogens with one attached hydrogen (secondary N) is 2. The number of urea groups is 1. The molecule has 2 aromatic carbocycles. The summed E-state index contributed by atoms with van der Waals surface area (Å²) in [7, 11) is 1.27. The van der Waals surface area contributed by atoms with Gasteiger partial charge in [0.15, 0.2) is 0 Å². The quantitative estimate of drug-likeness (QED) is 0.606. The van der Waals surface area contributed by atoms with Crippen molar-refractivity contribution in [2.75, 3.05) is 7.11 Å². The maximum Gasteiger partial charge on any atom is 0.328 e. The van der Waals surface area contributed by atoms with E-state index in [2.05, 4.69) is 10.6 Å². The standard InChI is InChI=1S/C21H25N3O4/c1-14-7-6-10-16(11-14)17(24-21(22)27)13-19(25)23-18(20(26)28-2)12-15-8-4-3-5-9-15/h3-11,17-18H,12-13H2,1-2H3,(H,23,25)(H3,22,24,27)/t17-,18+/m0/s1. The number of ether oxygens (including phenoxy) is 1. The highest BCUT2D eigenvalue weighted by Crippen LogP contribution is 2.18. The second kappa shape index (κ2) is 10.1. The number of benzene rings is 2. The van der Waals surface area contributed by atoms with Crippen molar-refractivity contribution in [1.29, 1.82) is 0 Å². The van der Waals surface area contributed by atoms with Crippen molar-refractivity contribution in [1.82, 2.24) is 10.6 Å². The van der Waals surface area contributed by atoms with Crippen molar-refractivity contribution in [3.05, 3.63) is 71.3 Å². The summed E-state index contributed by atoms with van der Waals surface area (Å²) >= 11 is 0. The van der Waals surface area contributed by atoms with Gasteiger partial charge in [-0.3, -0.25) is 4.79 Å². The van der Waals surface area contributed by atoms with Crippen molar-refractivity contribution >= 4 is 17.9 Å². The van der Waals surface area contributed by atoms with Crippen LogP contribution in [-0.4, -0.2) is 31.1 Å². The van der Waals surface area contributed by atoms with E-state index < -0.39 is 30.0 Å². The first-order chi connectivity index (χ1) is 13.4. The van der Waals surface area contributed by atoms with Gasteiger partial charge >= 0.3 is 12.0 Å². The molecule has 0 aliphatic heterocycles. The van der Waals surface area contributed by atoms with Crippen LogP contribution in [0.5, 0.6) is 0 Å². The first-order valence-electron chi connectivity index (χ1n) is 8.92. The molecule has 28 heavy (non-hydrogen) atoms. The summed E-state index contributed by atoms with van der Waals surface area (Å²) in [5.74, 6) is -0.932. The van der Waals surface area contributed by atoms with E-state index in [1.54, 1.807) is 0 Å². The number of methoxy groups -OCH3 is 1. The number of rotatable bonds is 8. The lowest BCUT2D eigenvalue weighted by atomic mass is 10.0. The molecule has 0 unspecified atom stereocenters. The molecule has 0 aliphatic rings. The fourth-order valence-corrected chi connectivity index (χ4v) is 2.93. The molecular weight excluding hydrogens is 358 g/mol. The van der Waals surface area contributed by atoms with Crippen molar-refractivity contribution in [3.8, 4) is 0 Å². The van der Waals surface area contributed by atoms with E-state index in [0.29, 0.717) is 6.42 Å². The number of nitrogens with two attached hydrogens (primary N) is 1. The lowest BCUT2D eigenvalue weighted by Crippen LogP contribution is -2.44. The number of aryl methyl sites for hydroxylation is 1. The zero-order valence-corrected chi connectivity index (χ0v) is 16.0.